The summed E-state index contributed by atoms with van der Waals surface area (Å²) in [5, 5.41) is 9.65. The Labute approximate surface area is 192 Å². The molecule has 0 bridgehead atoms. The first-order valence-electron chi connectivity index (χ1n) is 11.2. The van der Waals surface area contributed by atoms with Gasteiger partial charge in [0.05, 0.1) is 25.5 Å². The molecule has 0 radical (unpaired) electrons. The van der Waals surface area contributed by atoms with Crippen LogP contribution in [0.3, 0.4) is 0 Å². The van der Waals surface area contributed by atoms with Gasteiger partial charge in [-0.25, -0.2) is 0 Å². The van der Waals surface area contributed by atoms with Gasteiger partial charge >= 0.3 is 0 Å². The maximum Gasteiger partial charge on any atom is 0.192 e. The van der Waals surface area contributed by atoms with Gasteiger partial charge < -0.3 is 9.47 Å². The Balaban J connectivity index is 1.36. The van der Waals surface area contributed by atoms with Crippen molar-refractivity contribution in [3.63, 3.8) is 0 Å². The third-order valence-corrected chi connectivity index (χ3v) is 7.19. The minimum Gasteiger partial charge on any atom is -0.497 e. The number of thioether (sulfide) groups is 1. The molecule has 1 aromatic heterocycles. The first kappa shape index (κ1) is 21.2. The lowest BCUT2D eigenvalue weighted by Crippen LogP contribution is -2.17. The molecule has 2 aliphatic rings. The topological polar surface area (TPSA) is 66.2 Å². The van der Waals surface area contributed by atoms with Crippen molar-refractivity contribution in [2.75, 3.05) is 19.5 Å². The van der Waals surface area contributed by atoms with Crippen LogP contribution in [-0.2, 0) is 24.1 Å². The summed E-state index contributed by atoms with van der Waals surface area (Å²) < 4.78 is 13.2. The van der Waals surface area contributed by atoms with Crippen LogP contribution in [0.1, 0.15) is 40.7 Å². The fraction of sp³-hybridized carbons (Fsp3) is 0.400. The number of nitrogens with zero attached hydrogens (tertiary/aromatic N) is 3. The van der Waals surface area contributed by atoms with Crippen LogP contribution in [0.25, 0.3) is 11.4 Å². The Morgan fingerprint density at radius 3 is 2.75 bits per heavy atom. The van der Waals surface area contributed by atoms with Gasteiger partial charge in [0.15, 0.2) is 16.8 Å². The highest BCUT2D eigenvalue weighted by Gasteiger charge is 2.23. The second-order valence-electron chi connectivity index (χ2n) is 8.33. The van der Waals surface area contributed by atoms with Gasteiger partial charge in [-0.1, -0.05) is 23.9 Å². The van der Waals surface area contributed by atoms with Crippen molar-refractivity contribution in [3.8, 4) is 17.1 Å². The standard InChI is InChI=1S/C25H27N3O3S/c1-30-21-11-9-18(10-12-21)24-26-27-25(28(24)15-22-6-3-13-31-22)32-16-23(29)20-8-7-17-4-2-5-19(17)14-20/h7-12,14,22H,2-6,13,15-16H2,1H3/t22-/m0/s1. The average Bonchev–Trinajstić information content (AvgIpc) is 3.59. The molecule has 0 N–H and O–H groups in total. The van der Waals surface area contributed by atoms with E-state index >= 15 is 0 Å². The van der Waals surface area contributed by atoms with Gasteiger partial charge in [0, 0.05) is 17.7 Å². The van der Waals surface area contributed by atoms with Crippen LogP contribution in [-0.4, -0.2) is 46.1 Å². The number of ketones is 1. The summed E-state index contributed by atoms with van der Waals surface area (Å²) in [5.74, 6) is 2.05. The number of benzene rings is 2. The molecule has 2 heterocycles. The van der Waals surface area contributed by atoms with Gasteiger partial charge in [0.25, 0.3) is 0 Å². The van der Waals surface area contributed by atoms with Crippen LogP contribution in [0, 0.1) is 0 Å². The van der Waals surface area contributed by atoms with E-state index in [1.807, 2.05) is 30.3 Å². The molecular weight excluding hydrogens is 422 g/mol. The predicted octanol–water partition coefficient (Wildman–Crippen LogP) is 4.60. The number of ether oxygens (including phenoxy) is 2. The van der Waals surface area contributed by atoms with Gasteiger partial charge in [-0.2, -0.15) is 0 Å². The predicted molar refractivity (Wildman–Crippen MR) is 125 cm³/mol. The monoisotopic (exact) mass is 449 g/mol. The smallest absolute Gasteiger partial charge is 0.192 e. The largest absolute Gasteiger partial charge is 0.497 e. The molecule has 7 heteroatoms. The Hall–Kier alpha value is -2.64. The van der Waals surface area contributed by atoms with Gasteiger partial charge in [0.1, 0.15) is 5.75 Å². The summed E-state index contributed by atoms with van der Waals surface area (Å²) in [6.07, 6.45) is 5.63. The quantitative estimate of drug-likeness (QED) is 0.370. The van der Waals surface area contributed by atoms with Crippen LogP contribution in [0.5, 0.6) is 5.75 Å². The molecule has 2 aromatic carbocycles. The van der Waals surface area contributed by atoms with E-state index in [1.54, 1.807) is 7.11 Å². The first-order valence-corrected chi connectivity index (χ1v) is 12.2. The van der Waals surface area contributed by atoms with Crippen LogP contribution >= 0.6 is 11.8 Å². The summed E-state index contributed by atoms with van der Waals surface area (Å²) in [5.41, 5.74) is 4.46. The number of aryl methyl sites for hydroxylation is 2. The zero-order chi connectivity index (χ0) is 21.9. The minimum atomic E-state index is 0.127. The van der Waals surface area contributed by atoms with Crippen molar-refractivity contribution in [3.05, 3.63) is 59.2 Å². The zero-order valence-electron chi connectivity index (χ0n) is 18.3. The molecule has 1 atom stereocenters. The van der Waals surface area contributed by atoms with E-state index in [4.69, 9.17) is 9.47 Å². The summed E-state index contributed by atoms with van der Waals surface area (Å²) in [4.78, 5) is 12.9. The molecule has 1 fully saturated rings. The van der Waals surface area contributed by atoms with Gasteiger partial charge in [-0.15, -0.1) is 10.2 Å². The molecule has 1 saturated heterocycles. The van der Waals surface area contributed by atoms with E-state index in [1.165, 1.54) is 29.3 Å². The average molecular weight is 450 g/mol. The van der Waals surface area contributed by atoms with Gasteiger partial charge in [-0.3, -0.25) is 9.36 Å². The fourth-order valence-corrected chi connectivity index (χ4v) is 5.31. The molecular formula is C25H27N3O3S. The van der Waals surface area contributed by atoms with Crippen molar-refractivity contribution < 1.29 is 14.3 Å². The van der Waals surface area contributed by atoms with Gasteiger partial charge in [0.2, 0.25) is 0 Å². The van der Waals surface area contributed by atoms with Crippen molar-refractivity contribution in [1.29, 1.82) is 0 Å². The van der Waals surface area contributed by atoms with E-state index in [-0.39, 0.29) is 11.9 Å². The molecule has 3 aromatic rings. The van der Waals surface area contributed by atoms with E-state index in [0.717, 1.165) is 60.1 Å². The molecule has 32 heavy (non-hydrogen) atoms. The SMILES string of the molecule is COc1ccc(-c2nnc(SCC(=O)c3ccc4c(c3)CCC4)n2C[C@@H]2CCCO2)cc1. The number of methoxy groups -OCH3 is 1. The number of fused-ring (bicyclic) bond motifs is 1. The zero-order valence-corrected chi connectivity index (χ0v) is 19.1. The number of Topliss-reactive ketones (excluding diaryl/α,β-unsaturated/α-hetero) is 1. The van der Waals surface area contributed by atoms with E-state index in [0.29, 0.717) is 12.3 Å². The fourth-order valence-electron chi connectivity index (χ4n) is 4.46. The minimum absolute atomic E-state index is 0.127. The van der Waals surface area contributed by atoms with Gasteiger partial charge in [-0.05, 0) is 73.6 Å². The van der Waals surface area contributed by atoms with Crippen LogP contribution in [0.15, 0.2) is 47.6 Å². The molecule has 1 aliphatic heterocycles. The summed E-state index contributed by atoms with van der Waals surface area (Å²) in [6.45, 7) is 1.48. The highest BCUT2D eigenvalue weighted by Crippen LogP contribution is 2.29. The first-order chi connectivity index (χ1) is 15.7. The van der Waals surface area contributed by atoms with Crippen molar-refractivity contribution in [2.24, 2.45) is 0 Å². The Morgan fingerprint density at radius 2 is 1.97 bits per heavy atom. The van der Waals surface area contributed by atoms with E-state index in [2.05, 4.69) is 26.9 Å². The third kappa shape index (κ3) is 4.45. The molecule has 0 amide bonds. The molecule has 6 nitrogen and oxygen atoms in total. The highest BCUT2D eigenvalue weighted by atomic mass is 32.2. The third-order valence-electron chi connectivity index (χ3n) is 6.23. The summed E-state index contributed by atoms with van der Waals surface area (Å²) in [7, 11) is 1.65. The lowest BCUT2D eigenvalue weighted by molar-refractivity contribution is 0.0953. The molecule has 0 saturated carbocycles. The van der Waals surface area contributed by atoms with Crippen LogP contribution in [0.4, 0.5) is 0 Å². The second-order valence-corrected chi connectivity index (χ2v) is 9.27. The number of carbonyl (C=O) groups excluding carboxylic acids is 1. The Morgan fingerprint density at radius 1 is 1.12 bits per heavy atom. The number of aromatic nitrogens is 3. The normalized spacial score (nSPS) is 17.5. The second kappa shape index (κ2) is 9.46. The van der Waals surface area contributed by atoms with Crippen LogP contribution < -0.4 is 4.74 Å². The highest BCUT2D eigenvalue weighted by molar-refractivity contribution is 7.99. The molecule has 166 valence electrons. The molecule has 5 rings (SSSR count). The number of hydrogen-bond acceptors (Lipinski definition) is 6. The summed E-state index contributed by atoms with van der Waals surface area (Å²) >= 11 is 1.45. The van der Waals surface area contributed by atoms with E-state index < -0.39 is 0 Å². The Kier molecular flexibility index (Phi) is 6.28. The molecule has 0 unspecified atom stereocenters. The molecule has 1 aliphatic carbocycles. The maximum atomic E-state index is 12.9. The number of hydrogen-bond donors (Lipinski definition) is 0. The lowest BCUT2D eigenvalue weighted by atomic mass is 10.0. The number of rotatable bonds is 8. The number of carbonyl (C=O) groups is 1. The van der Waals surface area contributed by atoms with Crippen LogP contribution in [0.2, 0.25) is 0 Å². The van der Waals surface area contributed by atoms with Crippen molar-refractivity contribution in [1.82, 2.24) is 14.8 Å². The van der Waals surface area contributed by atoms with E-state index in [9.17, 15) is 4.79 Å². The van der Waals surface area contributed by atoms with Crippen molar-refractivity contribution in [2.45, 2.75) is 49.9 Å². The lowest BCUT2D eigenvalue weighted by Gasteiger charge is -2.15. The van der Waals surface area contributed by atoms with Crippen molar-refractivity contribution >= 4 is 17.5 Å². The summed E-state index contributed by atoms with van der Waals surface area (Å²) in [6, 6.07) is 14.0. The molecule has 0 spiro atoms. The Bertz CT molecular complexity index is 1100. The maximum absolute atomic E-state index is 12.9.